The lowest BCUT2D eigenvalue weighted by molar-refractivity contribution is 0.669. The molecule has 0 unspecified atom stereocenters. The van der Waals surface area contributed by atoms with Gasteiger partial charge in [-0.25, -0.2) is 14.5 Å². The molecule has 50 heavy (non-hydrogen) atoms. The highest BCUT2D eigenvalue weighted by Gasteiger charge is 2.18. The fourth-order valence-corrected chi connectivity index (χ4v) is 6.96. The molecule has 0 spiro atoms. The fraction of sp³-hybridized carbons (Fsp3) is 0. The summed E-state index contributed by atoms with van der Waals surface area (Å²) in [6.45, 7) is 0. The number of aromatic nitrogens is 4. The van der Waals surface area contributed by atoms with Crippen LogP contribution in [0.15, 0.2) is 174 Å². The maximum absolute atomic E-state index is 6.25. The molecule has 0 aliphatic rings. The van der Waals surface area contributed by atoms with E-state index >= 15 is 0 Å². The molecular weight excluding hydrogens is 613 g/mol. The van der Waals surface area contributed by atoms with Gasteiger partial charge in [0.05, 0.1) is 11.0 Å². The molecule has 0 saturated heterocycles. The van der Waals surface area contributed by atoms with Gasteiger partial charge in [-0.3, -0.25) is 0 Å². The maximum Gasteiger partial charge on any atom is 0.182 e. The SMILES string of the molecule is c1ccc(-c2cc(-c3ccccc3)cc(-c3cccc(-c4nc5c(-c6ccc7c(c6)oc6ccccc67)nc6ccccc6n5n4)c3)c2)cc1. The lowest BCUT2D eigenvalue weighted by Gasteiger charge is -2.12. The standard InChI is InChI=1S/C45H28N4O/c1-3-12-29(13-4-1)34-25-35(30-14-5-2-6-15-30)27-36(26-34)31-16-11-17-33(24-31)44-47-45-43(46-39-19-8-9-20-40(39)49(45)48-44)32-22-23-38-37-18-7-10-21-41(37)50-42(38)28-32/h1-28H. The number of hydrogen-bond acceptors (Lipinski definition) is 4. The van der Waals surface area contributed by atoms with Crippen LogP contribution in [-0.2, 0) is 0 Å². The third-order valence-corrected chi connectivity index (χ3v) is 9.41. The van der Waals surface area contributed by atoms with Crippen LogP contribution < -0.4 is 0 Å². The molecule has 3 heterocycles. The summed E-state index contributed by atoms with van der Waals surface area (Å²) in [5.41, 5.74) is 13.6. The van der Waals surface area contributed by atoms with Gasteiger partial charge in [-0.2, -0.15) is 0 Å². The summed E-state index contributed by atoms with van der Waals surface area (Å²) in [5.74, 6) is 0.638. The average molecular weight is 641 g/mol. The molecule has 5 nitrogen and oxygen atoms in total. The van der Waals surface area contributed by atoms with Gasteiger partial charge in [-0.1, -0.05) is 115 Å². The highest BCUT2D eigenvalue weighted by Crippen LogP contribution is 2.36. The Kier molecular flexibility index (Phi) is 6.42. The first-order chi connectivity index (χ1) is 24.7. The van der Waals surface area contributed by atoms with Crippen molar-refractivity contribution in [1.82, 2.24) is 19.6 Å². The van der Waals surface area contributed by atoms with Crippen molar-refractivity contribution in [3.05, 3.63) is 170 Å². The van der Waals surface area contributed by atoms with E-state index in [-0.39, 0.29) is 0 Å². The van der Waals surface area contributed by atoms with Crippen molar-refractivity contribution in [3.8, 4) is 56.0 Å². The minimum atomic E-state index is 0.638. The van der Waals surface area contributed by atoms with Gasteiger partial charge in [0.1, 0.15) is 16.9 Å². The van der Waals surface area contributed by atoms with Gasteiger partial charge in [0.2, 0.25) is 0 Å². The molecule has 0 radical (unpaired) electrons. The largest absolute Gasteiger partial charge is 0.456 e. The first-order valence-corrected chi connectivity index (χ1v) is 16.7. The summed E-state index contributed by atoms with van der Waals surface area (Å²) in [5, 5.41) is 7.28. The number of benzene rings is 7. The summed E-state index contributed by atoms with van der Waals surface area (Å²) in [6, 6.07) is 58.8. The number of para-hydroxylation sites is 3. The van der Waals surface area contributed by atoms with Crippen LogP contribution in [-0.4, -0.2) is 19.6 Å². The van der Waals surface area contributed by atoms with E-state index in [1.807, 2.05) is 47.0 Å². The lowest BCUT2D eigenvalue weighted by atomic mass is 9.93. The van der Waals surface area contributed by atoms with E-state index in [0.717, 1.165) is 60.9 Å². The Hall–Kier alpha value is -6.85. The maximum atomic E-state index is 6.25. The van der Waals surface area contributed by atoms with E-state index in [1.165, 1.54) is 22.3 Å². The second-order valence-corrected chi connectivity index (χ2v) is 12.5. The first kappa shape index (κ1) is 28.2. The molecule has 7 aromatic carbocycles. The number of rotatable bonds is 5. The number of fused-ring (bicyclic) bond motifs is 6. The van der Waals surface area contributed by atoms with Gasteiger partial charge in [0, 0.05) is 21.9 Å². The van der Waals surface area contributed by atoms with Crippen LogP contribution in [0.2, 0.25) is 0 Å². The fourth-order valence-electron chi connectivity index (χ4n) is 6.96. The van der Waals surface area contributed by atoms with Gasteiger partial charge in [0.15, 0.2) is 11.5 Å². The zero-order chi connectivity index (χ0) is 33.0. The second-order valence-electron chi connectivity index (χ2n) is 12.5. The molecule has 0 aliphatic carbocycles. The minimum Gasteiger partial charge on any atom is -0.456 e. The van der Waals surface area contributed by atoms with E-state index in [9.17, 15) is 0 Å². The Morgan fingerprint density at radius 3 is 1.78 bits per heavy atom. The smallest absolute Gasteiger partial charge is 0.182 e. The van der Waals surface area contributed by atoms with E-state index in [0.29, 0.717) is 11.5 Å². The van der Waals surface area contributed by atoms with Crippen LogP contribution in [0.5, 0.6) is 0 Å². The quantitative estimate of drug-likeness (QED) is 0.188. The van der Waals surface area contributed by atoms with Crippen LogP contribution in [0.3, 0.4) is 0 Å². The topological polar surface area (TPSA) is 56.2 Å². The molecule has 0 amide bonds. The molecule has 10 aromatic rings. The molecule has 10 rings (SSSR count). The Labute approximate surface area is 287 Å². The van der Waals surface area contributed by atoms with E-state index < -0.39 is 0 Å². The van der Waals surface area contributed by atoms with Gasteiger partial charge < -0.3 is 4.42 Å². The molecule has 3 aromatic heterocycles. The zero-order valence-electron chi connectivity index (χ0n) is 26.9. The van der Waals surface area contributed by atoms with Gasteiger partial charge >= 0.3 is 0 Å². The van der Waals surface area contributed by atoms with Crippen molar-refractivity contribution in [3.63, 3.8) is 0 Å². The molecule has 234 valence electrons. The third kappa shape index (κ3) is 4.75. The third-order valence-electron chi connectivity index (χ3n) is 9.41. The summed E-state index contributed by atoms with van der Waals surface area (Å²) in [7, 11) is 0. The first-order valence-electron chi connectivity index (χ1n) is 16.7. The highest BCUT2D eigenvalue weighted by molar-refractivity contribution is 6.06. The Balaban J connectivity index is 1.13. The van der Waals surface area contributed by atoms with Crippen LogP contribution in [0.25, 0.3) is 94.6 Å². The monoisotopic (exact) mass is 640 g/mol. The van der Waals surface area contributed by atoms with Crippen molar-refractivity contribution >= 4 is 38.6 Å². The van der Waals surface area contributed by atoms with Gasteiger partial charge in [-0.05, 0) is 88.0 Å². The highest BCUT2D eigenvalue weighted by atomic mass is 16.3. The van der Waals surface area contributed by atoms with Gasteiger partial charge in [0.25, 0.3) is 0 Å². The van der Waals surface area contributed by atoms with Crippen LogP contribution in [0.1, 0.15) is 0 Å². The minimum absolute atomic E-state index is 0.638. The number of hydrogen-bond donors (Lipinski definition) is 0. The van der Waals surface area contributed by atoms with Crippen LogP contribution in [0, 0.1) is 0 Å². The molecular formula is C45H28N4O. The zero-order valence-corrected chi connectivity index (χ0v) is 26.9. The molecule has 0 aliphatic heterocycles. The summed E-state index contributed by atoms with van der Waals surface area (Å²) < 4.78 is 8.17. The van der Waals surface area contributed by atoms with Crippen molar-refractivity contribution in [1.29, 1.82) is 0 Å². The normalized spacial score (nSPS) is 11.6. The van der Waals surface area contributed by atoms with E-state index in [1.54, 1.807) is 0 Å². The van der Waals surface area contributed by atoms with Crippen molar-refractivity contribution < 1.29 is 4.42 Å². The Morgan fingerprint density at radius 2 is 1.00 bits per heavy atom. The predicted octanol–water partition coefficient (Wildman–Crippen LogP) is 11.5. The second kappa shape index (κ2) is 11.4. The van der Waals surface area contributed by atoms with Crippen molar-refractivity contribution in [2.24, 2.45) is 0 Å². The number of furan rings is 1. The van der Waals surface area contributed by atoms with Crippen molar-refractivity contribution in [2.45, 2.75) is 0 Å². The predicted molar refractivity (Wildman–Crippen MR) is 203 cm³/mol. The molecule has 0 N–H and O–H groups in total. The molecule has 5 heteroatoms. The van der Waals surface area contributed by atoms with E-state index in [2.05, 4.69) is 127 Å². The van der Waals surface area contributed by atoms with Crippen LogP contribution >= 0.6 is 0 Å². The summed E-state index contributed by atoms with van der Waals surface area (Å²) in [6.07, 6.45) is 0. The Bertz CT molecular complexity index is 2810. The molecule has 0 bridgehead atoms. The summed E-state index contributed by atoms with van der Waals surface area (Å²) >= 11 is 0. The number of nitrogens with zero attached hydrogens (tertiary/aromatic N) is 4. The average Bonchev–Trinajstić information content (AvgIpc) is 3.81. The van der Waals surface area contributed by atoms with Crippen molar-refractivity contribution in [2.75, 3.05) is 0 Å². The Morgan fingerprint density at radius 1 is 0.400 bits per heavy atom. The van der Waals surface area contributed by atoms with E-state index in [4.69, 9.17) is 19.5 Å². The van der Waals surface area contributed by atoms with Gasteiger partial charge in [-0.15, -0.1) is 5.10 Å². The molecule has 0 saturated carbocycles. The molecule has 0 fully saturated rings. The van der Waals surface area contributed by atoms with Crippen LogP contribution in [0.4, 0.5) is 0 Å². The molecule has 0 atom stereocenters. The lowest BCUT2D eigenvalue weighted by Crippen LogP contribution is -1.97. The summed E-state index contributed by atoms with van der Waals surface area (Å²) in [4.78, 5) is 10.3.